The second-order valence-corrected chi connectivity index (χ2v) is 16.7. The van der Waals surface area contributed by atoms with E-state index in [2.05, 4.69) is 68.5 Å². The van der Waals surface area contributed by atoms with Crippen molar-refractivity contribution >= 4 is 24.2 Å². The summed E-state index contributed by atoms with van der Waals surface area (Å²) >= 11 is 0. The van der Waals surface area contributed by atoms with Crippen LogP contribution in [0, 0.1) is 0 Å². The third kappa shape index (κ3) is 6.43. The van der Waals surface area contributed by atoms with Gasteiger partial charge in [-0.15, -0.1) is 0 Å². The van der Waals surface area contributed by atoms with Gasteiger partial charge in [-0.3, -0.25) is 0 Å². The van der Waals surface area contributed by atoms with E-state index in [0.717, 1.165) is 17.1 Å². The minimum absolute atomic E-state index is 0.0515. The number of ether oxygens (including phenoxy) is 1. The van der Waals surface area contributed by atoms with E-state index in [1.165, 1.54) is 75.3 Å². The first-order valence-electron chi connectivity index (χ1n) is 14.0. The zero-order chi connectivity index (χ0) is 25.7. The third-order valence-corrected chi connectivity index (χ3v) is 13.4. The first kappa shape index (κ1) is 27.8. The van der Waals surface area contributed by atoms with E-state index in [0.29, 0.717) is 0 Å². The van der Waals surface area contributed by atoms with Gasteiger partial charge in [0.05, 0.1) is 17.9 Å². The molecular formula is C31H46NO2PS. The SMILES string of the molecule is COc1ccc(C(c2ccccc2P(C2CCCCC2)C2CCCCC2)N(C)[S@](=O)C(C)(C)C)cc1. The van der Waals surface area contributed by atoms with Crippen molar-refractivity contribution in [1.82, 2.24) is 4.31 Å². The van der Waals surface area contributed by atoms with Gasteiger partial charge in [-0.2, -0.15) is 0 Å². The van der Waals surface area contributed by atoms with Crippen molar-refractivity contribution in [1.29, 1.82) is 0 Å². The first-order chi connectivity index (χ1) is 17.3. The van der Waals surface area contributed by atoms with Gasteiger partial charge in [0, 0.05) is 7.05 Å². The number of methoxy groups -OCH3 is 1. The van der Waals surface area contributed by atoms with Crippen LogP contribution in [0.4, 0.5) is 0 Å². The summed E-state index contributed by atoms with van der Waals surface area (Å²) in [5, 5.41) is 1.57. The Hall–Kier alpha value is -1.22. The number of rotatable bonds is 8. The van der Waals surface area contributed by atoms with E-state index in [-0.39, 0.29) is 18.7 Å². The fourth-order valence-electron chi connectivity index (χ4n) is 6.26. The second-order valence-electron chi connectivity index (χ2n) is 11.6. The van der Waals surface area contributed by atoms with Crippen LogP contribution in [0.15, 0.2) is 48.5 Å². The van der Waals surface area contributed by atoms with Crippen LogP contribution in [-0.4, -0.2) is 38.7 Å². The van der Waals surface area contributed by atoms with E-state index < -0.39 is 11.0 Å². The molecule has 2 atom stereocenters. The Labute approximate surface area is 223 Å². The highest BCUT2D eigenvalue weighted by molar-refractivity contribution is 7.84. The Morgan fingerprint density at radius 2 is 1.39 bits per heavy atom. The minimum atomic E-state index is -1.14. The van der Waals surface area contributed by atoms with Crippen LogP contribution in [0.25, 0.3) is 0 Å². The first-order valence-corrected chi connectivity index (χ1v) is 16.6. The van der Waals surface area contributed by atoms with E-state index in [4.69, 9.17) is 4.74 Å². The Bertz CT molecular complexity index is 972. The molecule has 5 heteroatoms. The van der Waals surface area contributed by atoms with Gasteiger partial charge in [0.15, 0.2) is 0 Å². The predicted octanol–water partition coefficient (Wildman–Crippen LogP) is 7.95. The van der Waals surface area contributed by atoms with E-state index in [1.807, 2.05) is 12.1 Å². The lowest BCUT2D eigenvalue weighted by Crippen LogP contribution is -2.39. The third-order valence-electron chi connectivity index (χ3n) is 8.03. The van der Waals surface area contributed by atoms with Crippen LogP contribution in [0.5, 0.6) is 5.75 Å². The molecule has 0 aliphatic heterocycles. The number of hydrogen-bond donors (Lipinski definition) is 0. The fraction of sp³-hybridized carbons (Fsp3) is 0.613. The summed E-state index contributed by atoms with van der Waals surface area (Å²) < 4.78 is 21.0. The molecule has 36 heavy (non-hydrogen) atoms. The van der Waals surface area contributed by atoms with Crippen LogP contribution in [0.2, 0.25) is 0 Å². The molecule has 198 valence electrons. The van der Waals surface area contributed by atoms with Crippen molar-refractivity contribution in [3.8, 4) is 5.75 Å². The highest BCUT2D eigenvalue weighted by atomic mass is 32.2. The quantitative estimate of drug-likeness (QED) is 0.326. The van der Waals surface area contributed by atoms with Crippen molar-refractivity contribution in [3.05, 3.63) is 59.7 Å². The smallest absolute Gasteiger partial charge is 0.118 e. The van der Waals surface area contributed by atoms with Gasteiger partial charge in [-0.05, 0) is 86.3 Å². The molecule has 0 spiro atoms. The molecule has 0 saturated heterocycles. The van der Waals surface area contributed by atoms with Gasteiger partial charge in [-0.25, -0.2) is 8.51 Å². The molecule has 2 aliphatic carbocycles. The summed E-state index contributed by atoms with van der Waals surface area (Å²) in [5.41, 5.74) is 4.21. The van der Waals surface area contributed by atoms with Crippen LogP contribution in [0.1, 0.15) is 102 Å². The molecule has 0 amide bonds. The second kappa shape index (κ2) is 12.5. The fourth-order valence-corrected chi connectivity index (χ4v) is 11.5. The van der Waals surface area contributed by atoms with Gasteiger partial charge in [0.25, 0.3) is 0 Å². The molecule has 0 radical (unpaired) electrons. The molecular weight excluding hydrogens is 481 g/mol. The van der Waals surface area contributed by atoms with Crippen LogP contribution < -0.4 is 10.0 Å². The van der Waals surface area contributed by atoms with E-state index in [9.17, 15) is 4.21 Å². The molecule has 3 nitrogen and oxygen atoms in total. The van der Waals surface area contributed by atoms with Gasteiger partial charge in [-0.1, -0.05) is 82.8 Å². The molecule has 2 aromatic carbocycles. The average molecular weight is 528 g/mol. The highest BCUT2D eigenvalue weighted by Crippen LogP contribution is 2.56. The summed E-state index contributed by atoms with van der Waals surface area (Å²) in [7, 11) is 2.36. The molecule has 0 aromatic heterocycles. The Balaban J connectivity index is 1.83. The summed E-state index contributed by atoms with van der Waals surface area (Å²) in [4.78, 5) is 0. The van der Waals surface area contributed by atoms with Crippen LogP contribution in [-0.2, 0) is 11.0 Å². The van der Waals surface area contributed by atoms with Crippen molar-refractivity contribution in [3.63, 3.8) is 0 Å². The molecule has 0 heterocycles. The van der Waals surface area contributed by atoms with Crippen molar-refractivity contribution < 1.29 is 8.95 Å². The predicted molar refractivity (Wildman–Crippen MR) is 157 cm³/mol. The molecule has 0 N–H and O–H groups in total. The average Bonchev–Trinajstić information content (AvgIpc) is 2.90. The van der Waals surface area contributed by atoms with Crippen molar-refractivity contribution in [2.75, 3.05) is 14.2 Å². The lowest BCUT2D eigenvalue weighted by molar-refractivity contribution is 0.413. The number of nitrogens with zero attached hydrogens (tertiary/aromatic N) is 1. The minimum Gasteiger partial charge on any atom is -0.497 e. The molecule has 2 saturated carbocycles. The molecule has 1 unspecified atom stereocenters. The maximum Gasteiger partial charge on any atom is 0.118 e. The van der Waals surface area contributed by atoms with Gasteiger partial charge in [0.2, 0.25) is 0 Å². The van der Waals surface area contributed by atoms with E-state index in [1.54, 1.807) is 12.4 Å². The monoisotopic (exact) mass is 527 g/mol. The zero-order valence-corrected chi connectivity index (χ0v) is 24.8. The standard InChI is InChI=1S/C31H46NO2PS/c1-31(2,3)36(33)32(4)30(24-20-22-25(34-5)23-21-24)28-18-12-13-19-29(28)35(26-14-8-6-9-15-26)27-16-10-7-11-17-27/h12-13,18-23,26-27,30H,6-11,14-17H2,1-5H3/t30?,36-/m1/s1. The topological polar surface area (TPSA) is 29.5 Å². The zero-order valence-electron chi connectivity index (χ0n) is 23.0. The Kier molecular flexibility index (Phi) is 9.69. The maximum absolute atomic E-state index is 13.8. The lowest BCUT2D eigenvalue weighted by Gasteiger charge is -2.41. The Morgan fingerprint density at radius 1 is 0.861 bits per heavy atom. The summed E-state index contributed by atoms with van der Waals surface area (Å²) in [6.07, 6.45) is 13.9. The maximum atomic E-state index is 13.8. The molecule has 2 aliphatic rings. The van der Waals surface area contributed by atoms with Gasteiger partial charge < -0.3 is 4.74 Å². The lowest BCUT2D eigenvalue weighted by atomic mass is 9.98. The number of benzene rings is 2. The highest BCUT2D eigenvalue weighted by Gasteiger charge is 2.37. The summed E-state index contributed by atoms with van der Waals surface area (Å²) in [5.74, 6) is 0.858. The normalized spacial score (nSPS) is 20.0. The van der Waals surface area contributed by atoms with Gasteiger partial charge >= 0.3 is 0 Å². The molecule has 2 fully saturated rings. The summed E-state index contributed by atoms with van der Waals surface area (Å²) in [6.45, 7) is 6.23. The van der Waals surface area contributed by atoms with Crippen molar-refractivity contribution in [2.45, 2.75) is 107 Å². The molecule has 4 rings (SSSR count). The number of hydrogen-bond acceptors (Lipinski definition) is 2. The molecule has 2 aromatic rings. The van der Waals surface area contributed by atoms with Gasteiger partial charge in [0.1, 0.15) is 16.7 Å². The van der Waals surface area contributed by atoms with Crippen molar-refractivity contribution in [2.24, 2.45) is 0 Å². The summed E-state index contributed by atoms with van der Waals surface area (Å²) in [6, 6.07) is 17.6. The van der Waals surface area contributed by atoms with Crippen LogP contribution >= 0.6 is 7.92 Å². The van der Waals surface area contributed by atoms with E-state index >= 15 is 0 Å². The van der Waals surface area contributed by atoms with Crippen LogP contribution in [0.3, 0.4) is 0 Å². The Morgan fingerprint density at radius 3 is 1.89 bits per heavy atom. The molecule has 0 bridgehead atoms. The largest absolute Gasteiger partial charge is 0.497 e.